The van der Waals surface area contributed by atoms with Gasteiger partial charge in [-0.3, -0.25) is 4.84 Å². The lowest BCUT2D eigenvalue weighted by molar-refractivity contribution is 0.120. The van der Waals surface area contributed by atoms with Crippen LogP contribution < -0.4 is 5.90 Å². The number of thioether (sulfide) groups is 1. The van der Waals surface area contributed by atoms with Crippen LogP contribution in [-0.4, -0.2) is 11.4 Å². The first kappa shape index (κ1) is 9.38. The Balaban J connectivity index is 3.02. The lowest BCUT2D eigenvalue weighted by Gasteiger charge is -2.07. The number of benzene rings is 1. The van der Waals surface area contributed by atoms with E-state index >= 15 is 0 Å². The lowest BCUT2D eigenvalue weighted by atomic mass is 10.2. The van der Waals surface area contributed by atoms with Crippen molar-refractivity contribution >= 4 is 11.8 Å². The first-order chi connectivity index (χ1) is 5.79. The van der Waals surface area contributed by atoms with Crippen molar-refractivity contribution in [1.82, 2.24) is 0 Å². The van der Waals surface area contributed by atoms with Crippen LogP contribution in [0.25, 0.3) is 0 Å². The van der Waals surface area contributed by atoms with E-state index < -0.39 is 0 Å². The zero-order valence-corrected chi connectivity index (χ0v) is 7.60. The molecule has 0 aliphatic rings. The number of hydrogen-bond acceptors (Lipinski definition) is 4. The number of aromatic hydroxyl groups is 1. The van der Waals surface area contributed by atoms with Gasteiger partial charge in [0.2, 0.25) is 0 Å². The summed E-state index contributed by atoms with van der Waals surface area (Å²) in [4.78, 5) is 5.46. The van der Waals surface area contributed by atoms with Gasteiger partial charge >= 0.3 is 0 Å². The molecule has 1 aromatic carbocycles. The van der Waals surface area contributed by atoms with E-state index in [1.807, 2.05) is 12.3 Å². The summed E-state index contributed by atoms with van der Waals surface area (Å²) < 4.78 is 0. The second-order valence-electron chi connectivity index (χ2n) is 2.27. The number of nitrogens with two attached hydrogens (primary N) is 1. The highest BCUT2D eigenvalue weighted by Gasteiger charge is 2.05. The van der Waals surface area contributed by atoms with Gasteiger partial charge in [-0.2, -0.15) is 0 Å². The molecular formula is C8H11NO2S. The molecule has 66 valence electrons. The number of phenolic OH excluding ortho intramolecular Hbond substituents is 1. The molecule has 0 fully saturated rings. The smallest absolute Gasteiger partial charge is 0.122 e. The molecule has 0 spiro atoms. The maximum atomic E-state index is 9.40. The number of phenols is 1. The Bertz CT molecular complexity index is 265. The third-order valence-corrected chi connectivity index (χ3v) is 2.38. The van der Waals surface area contributed by atoms with E-state index in [1.54, 1.807) is 23.9 Å². The highest BCUT2D eigenvalue weighted by molar-refractivity contribution is 7.98. The molecule has 0 saturated heterocycles. The second-order valence-corrected chi connectivity index (χ2v) is 3.12. The summed E-state index contributed by atoms with van der Waals surface area (Å²) in [5.74, 6) is 5.16. The third kappa shape index (κ3) is 1.91. The van der Waals surface area contributed by atoms with Crippen molar-refractivity contribution in [2.45, 2.75) is 11.5 Å². The average Bonchev–Trinajstić information content (AvgIpc) is 2.09. The van der Waals surface area contributed by atoms with Crippen molar-refractivity contribution < 1.29 is 9.94 Å². The van der Waals surface area contributed by atoms with Gasteiger partial charge in [0.25, 0.3) is 0 Å². The third-order valence-electron chi connectivity index (χ3n) is 1.56. The highest BCUT2D eigenvalue weighted by atomic mass is 32.2. The van der Waals surface area contributed by atoms with E-state index in [2.05, 4.69) is 4.84 Å². The summed E-state index contributed by atoms with van der Waals surface area (Å²) in [6.07, 6.45) is 1.94. The molecule has 12 heavy (non-hydrogen) atoms. The molecule has 4 heteroatoms. The molecule has 3 nitrogen and oxygen atoms in total. The number of rotatable bonds is 3. The Morgan fingerprint density at radius 3 is 2.92 bits per heavy atom. The minimum Gasteiger partial charge on any atom is -0.508 e. The molecule has 1 aromatic rings. The average molecular weight is 185 g/mol. The molecule has 1 rings (SSSR count). The van der Waals surface area contributed by atoms with Crippen molar-refractivity contribution in [2.24, 2.45) is 5.90 Å². The quantitative estimate of drug-likeness (QED) is 0.553. The minimum absolute atomic E-state index is 0.229. The van der Waals surface area contributed by atoms with Gasteiger partial charge in [0.1, 0.15) is 5.75 Å². The van der Waals surface area contributed by atoms with E-state index in [-0.39, 0.29) is 12.4 Å². The predicted molar refractivity (Wildman–Crippen MR) is 48.9 cm³/mol. The molecule has 3 N–H and O–H groups in total. The van der Waals surface area contributed by atoms with Gasteiger partial charge in [0.05, 0.1) is 6.61 Å². The van der Waals surface area contributed by atoms with Gasteiger partial charge in [-0.15, -0.1) is 11.8 Å². The van der Waals surface area contributed by atoms with Crippen molar-refractivity contribution in [3.8, 4) is 5.75 Å². The Labute approximate surface area is 75.5 Å². The van der Waals surface area contributed by atoms with E-state index in [0.717, 1.165) is 10.5 Å². The van der Waals surface area contributed by atoms with Crippen LogP contribution in [-0.2, 0) is 11.4 Å². The van der Waals surface area contributed by atoms with Gasteiger partial charge in [0, 0.05) is 10.5 Å². The molecule has 0 amide bonds. The van der Waals surface area contributed by atoms with Gasteiger partial charge in [-0.1, -0.05) is 6.07 Å². The van der Waals surface area contributed by atoms with Crippen LogP contribution in [0.3, 0.4) is 0 Å². The second kappa shape index (κ2) is 4.35. The van der Waals surface area contributed by atoms with E-state index in [4.69, 9.17) is 5.90 Å². The zero-order valence-electron chi connectivity index (χ0n) is 6.78. The van der Waals surface area contributed by atoms with Gasteiger partial charge in [0.15, 0.2) is 0 Å². The van der Waals surface area contributed by atoms with Gasteiger partial charge in [-0.25, -0.2) is 5.90 Å². The topological polar surface area (TPSA) is 55.5 Å². The fraction of sp³-hybridized carbons (Fsp3) is 0.250. The molecule has 0 saturated carbocycles. The SMILES string of the molecule is CSc1cccc(O)c1CON. The Kier molecular flexibility index (Phi) is 3.40. The minimum atomic E-state index is 0.229. The largest absolute Gasteiger partial charge is 0.508 e. The lowest BCUT2D eigenvalue weighted by Crippen LogP contribution is -2.00. The first-order valence-electron chi connectivity index (χ1n) is 3.46. The van der Waals surface area contributed by atoms with Crippen molar-refractivity contribution in [3.05, 3.63) is 23.8 Å². The number of hydrogen-bond donors (Lipinski definition) is 2. The van der Waals surface area contributed by atoms with Gasteiger partial charge < -0.3 is 5.11 Å². The molecule has 0 unspecified atom stereocenters. The Morgan fingerprint density at radius 1 is 1.58 bits per heavy atom. The molecule has 0 heterocycles. The normalized spacial score (nSPS) is 10.2. The highest BCUT2D eigenvalue weighted by Crippen LogP contribution is 2.27. The van der Waals surface area contributed by atoms with E-state index in [1.165, 1.54) is 0 Å². The predicted octanol–water partition coefficient (Wildman–Crippen LogP) is 1.50. The maximum Gasteiger partial charge on any atom is 0.122 e. The maximum absolute atomic E-state index is 9.40. The fourth-order valence-corrected chi connectivity index (χ4v) is 1.60. The summed E-state index contributed by atoms with van der Waals surface area (Å²) in [5, 5.41) is 9.40. The summed E-state index contributed by atoms with van der Waals surface area (Å²) in [5.41, 5.74) is 0.743. The van der Waals surface area contributed by atoms with Crippen LogP contribution in [0, 0.1) is 0 Å². The first-order valence-corrected chi connectivity index (χ1v) is 4.68. The molecule has 0 bridgehead atoms. The van der Waals surface area contributed by atoms with Crippen LogP contribution in [0.1, 0.15) is 5.56 Å². The fourth-order valence-electron chi connectivity index (χ4n) is 0.974. The van der Waals surface area contributed by atoms with Crippen molar-refractivity contribution in [1.29, 1.82) is 0 Å². The molecule has 0 aromatic heterocycles. The van der Waals surface area contributed by atoms with Crippen LogP contribution in [0.15, 0.2) is 23.1 Å². The Hall–Kier alpha value is -0.710. The summed E-state index contributed by atoms with van der Waals surface area (Å²) in [6, 6.07) is 5.33. The summed E-state index contributed by atoms with van der Waals surface area (Å²) >= 11 is 1.55. The van der Waals surface area contributed by atoms with Crippen molar-refractivity contribution in [3.63, 3.8) is 0 Å². The van der Waals surface area contributed by atoms with Gasteiger partial charge in [-0.05, 0) is 18.4 Å². The van der Waals surface area contributed by atoms with Crippen LogP contribution >= 0.6 is 11.8 Å². The molecular weight excluding hydrogens is 174 g/mol. The molecule has 0 aliphatic carbocycles. The summed E-state index contributed by atoms with van der Waals surface area (Å²) in [7, 11) is 0. The standard InChI is InChI=1S/C8H11NO2S/c1-12-8-4-2-3-7(10)6(8)5-11-9/h2-4,10H,5,9H2,1H3. The Morgan fingerprint density at radius 2 is 2.33 bits per heavy atom. The zero-order chi connectivity index (χ0) is 8.97. The molecule has 0 radical (unpaired) electrons. The van der Waals surface area contributed by atoms with Crippen LogP contribution in [0.5, 0.6) is 5.75 Å². The van der Waals surface area contributed by atoms with E-state index in [9.17, 15) is 5.11 Å². The van der Waals surface area contributed by atoms with E-state index in [0.29, 0.717) is 0 Å². The van der Waals surface area contributed by atoms with Crippen molar-refractivity contribution in [2.75, 3.05) is 6.26 Å². The summed E-state index contributed by atoms with van der Waals surface area (Å²) in [6.45, 7) is 0.239. The van der Waals surface area contributed by atoms with Crippen LogP contribution in [0.2, 0.25) is 0 Å². The monoisotopic (exact) mass is 185 g/mol. The van der Waals surface area contributed by atoms with Crippen LogP contribution in [0.4, 0.5) is 0 Å². The molecule has 0 aliphatic heterocycles. The molecule has 0 atom stereocenters.